The highest BCUT2D eigenvalue weighted by Crippen LogP contribution is 2.29. The number of carbonyl (C=O) groups excluding carboxylic acids is 1. The zero-order valence-electron chi connectivity index (χ0n) is 12.8. The van der Waals surface area contributed by atoms with Crippen molar-refractivity contribution in [2.24, 2.45) is 0 Å². The van der Waals surface area contributed by atoms with Gasteiger partial charge >= 0.3 is 5.97 Å². The Morgan fingerprint density at radius 2 is 1.59 bits per heavy atom. The lowest BCUT2D eigenvalue weighted by Crippen LogP contribution is -2.36. The summed E-state index contributed by atoms with van der Waals surface area (Å²) in [7, 11) is 0. The van der Waals surface area contributed by atoms with Crippen molar-refractivity contribution >= 4 is 23.3 Å². The molecule has 0 radical (unpaired) electrons. The van der Waals surface area contributed by atoms with Gasteiger partial charge in [-0.15, -0.1) is 0 Å². The SMILES string of the molecule is O=C(O)c1cc(N2CCCCC2)cc(N2CCCCC2=O)c1. The summed E-state index contributed by atoms with van der Waals surface area (Å²) in [5.74, 6) is -0.844. The van der Waals surface area contributed by atoms with Gasteiger partial charge in [-0.05, 0) is 50.3 Å². The third-order valence-corrected chi connectivity index (χ3v) is 4.51. The van der Waals surface area contributed by atoms with Crippen LogP contribution in [0.15, 0.2) is 18.2 Å². The number of carbonyl (C=O) groups is 2. The van der Waals surface area contributed by atoms with Crippen LogP contribution in [0.2, 0.25) is 0 Å². The minimum absolute atomic E-state index is 0.0957. The minimum atomic E-state index is -0.940. The standard InChI is InChI=1S/C17H22N2O3/c20-16-6-2-5-9-19(16)15-11-13(17(21)22)10-14(12-15)18-7-3-1-4-8-18/h10-12H,1-9H2,(H,21,22). The van der Waals surface area contributed by atoms with E-state index in [-0.39, 0.29) is 11.5 Å². The van der Waals surface area contributed by atoms with Crippen LogP contribution in [0, 0.1) is 0 Å². The lowest BCUT2D eigenvalue weighted by molar-refractivity contribution is -0.119. The summed E-state index contributed by atoms with van der Waals surface area (Å²) in [6.45, 7) is 2.59. The van der Waals surface area contributed by atoms with Gasteiger partial charge in [-0.3, -0.25) is 4.79 Å². The van der Waals surface area contributed by atoms with E-state index in [1.165, 1.54) is 6.42 Å². The van der Waals surface area contributed by atoms with Crippen LogP contribution in [-0.4, -0.2) is 36.6 Å². The van der Waals surface area contributed by atoms with Gasteiger partial charge in [-0.25, -0.2) is 4.79 Å². The average molecular weight is 302 g/mol. The number of anilines is 2. The summed E-state index contributed by atoms with van der Waals surface area (Å²) in [6.07, 6.45) is 5.95. The zero-order chi connectivity index (χ0) is 15.5. The Labute approximate surface area is 130 Å². The number of piperidine rings is 2. The molecule has 1 aromatic carbocycles. The van der Waals surface area contributed by atoms with E-state index in [2.05, 4.69) is 4.90 Å². The molecule has 2 fully saturated rings. The average Bonchev–Trinajstić information content (AvgIpc) is 2.55. The highest BCUT2D eigenvalue weighted by atomic mass is 16.4. The normalized spacial score (nSPS) is 19.4. The van der Waals surface area contributed by atoms with Crippen molar-refractivity contribution in [1.29, 1.82) is 0 Å². The van der Waals surface area contributed by atoms with Crippen molar-refractivity contribution in [1.82, 2.24) is 0 Å². The molecule has 0 bridgehead atoms. The molecule has 5 nitrogen and oxygen atoms in total. The Balaban J connectivity index is 1.96. The van der Waals surface area contributed by atoms with Gasteiger partial charge in [0.2, 0.25) is 5.91 Å². The van der Waals surface area contributed by atoms with Crippen molar-refractivity contribution in [2.45, 2.75) is 38.5 Å². The number of carboxylic acid groups (broad SMARTS) is 1. The third kappa shape index (κ3) is 3.08. The van der Waals surface area contributed by atoms with Gasteiger partial charge in [-0.2, -0.15) is 0 Å². The second-order valence-corrected chi connectivity index (χ2v) is 6.09. The Bertz CT molecular complexity index is 579. The first kappa shape index (κ1) is 14.9. The molecule has 2 saturated heterocycles. The van der Waals surface area contributed by atoms with E-state index in [0.717, 1.165) is 50.1 Å². The van der Waals surface area contributed by atoms with E-state index in [4.69, 9.17) is 0 Å². The van der Waals surface area contributed by atoms with Crippen molar-refractivity contribution in [2.75, 3.05) is 29.4 Å². The van der Waals surface area contributed by atoms with Crippen LogP contribution in [0.25, 0.3) is 0 Å². The summed E-state index contributed by atoms with van der Waals surface area (Å²) in [6, 6.07) is 5.32. The molecule has 5 heteroatoms. The lowest BCUT2D eigenvalue weighted by atomic mass is 10.1. The van der Waals surface area contributed by atoms with Gasteiger partial charge in [0.15, 0.2) is 0 Å². The number of nitrogens with zero attached hydrogens (tertiary/aromatic N) is 2. The molecule has 1 aromatic rings. The second kappa shape index (κ2) is 6.38. The second-order valence-electron chi connectivity index (χ2n) is 6.09. The fourth-order valence-corrected chi connectivity index (χ4v) is 3.29. The van der Waals surface area contributed by atoms with Crippen LogP contribution in [0.4, 0.5) is 11.4 Å². The summed E-state index contributed by atoms with van der Waals surface area (Å²) >= 11 is 0. The van der Waals surface area contributed by atoms with Gasteiger partial charge in [-0.1, -0.05) is 0 Å². The summed E-state index contributed by atoms with van der Waals surface area (Å²) in [4.78, 5) is 27.5. The van der Waals surface area contributed by atoms with Gasteiger partial charge < -0.3 is 14.9 Å². The van der Waals surface area contributed by atoms with Crippen LogP contribution < -0.4 is 9.80 Å². The monoisotopic (exact) mass is 302 g/mol. The minimum Gasteiger partial charge on any atom is -0.478 e. The Kier molecular flexibility index (Phi) is 4.32. The van der Waals surface area contributed by atoms with Crippen molar-refractivity contribution < 1.29 is 14.7 Å². The first-order valence-electron chi connectivity index (χ1n) is 8.09. The smallest absolute Gasteiger partial charge is 0.335 e. The van der Waals surface area contributed by atoms with Crippen molar-refractivity contribution in [3.63, 3.8) is 0 Å². The fourth-order valence-electron chi connectivity index (χ4n) is 3.29. The molecule has 1 N–H and O–H groups in total. The summed E-state index contributed by atoms with van der Waals surface area (Å²) in [5, 5.41) is 9.37. The number of rotatable bonds is 3. The zero-order valence-corrected chi connectivity index (χ0v) is 12.8. The van der Waals surface area contributed by atoms with Gasteiger partial charge in [0.25, 0.3) is 0 Å². The topological polar surface area (TPSA) is 60.9 Å². The van der Waals surface area contributed by atoms with E-state index in [0.29, 0.717) is 13.0 Å². The number of aromatic carboxylic acids is 1. The molecule has 0 unspecified atom stereocenters. The molecule has 2 aliphatic rings. The van der Waals surface area contributed by atoms with Gasteiger partial charge in [0.1, 0.15) is 0 Å². The van der Waals surface area contributed by atoms with Crippen molar-refractivity contribution in [3.05, 3.63) is 23.8 Å². The highest BCUT2D eigenvalue weighted by molar-refractivity contribution is 5.97. The third-order valence-electron chi connectivity index (χ3n) is 4.51. The largest absolute Gasteiger partial charge is 0.478 e. The number of benzene rings is 1. The molecule has 0 aromatic heterocycles. The molecule has 2 aliphatic heterocycles. The van der Waals surface area contributed by atoms with Crippen LogP contribution in [-0.2, 0) is 4.79 Å². The van der Waals surface area contributed by atoms with Gasteiger partial charge in [0.05, 0.1) is 5.56 Å². The molecule has 118 valence electrons. The Hall–Kier alpha value is -2.04. The fraction of sp³-hybridized carbons (Fsp3) is 0.529. The quantitative estimate of drug-likeness (QED) is 0.932. The number of carboxylic acids is 1. The summed E-state index contributed by atoms with van der Waals surface area (Å²) in [5.41, 5.74) is 1.91. The molecule has 2 heterocycles. The molecule has 0 saturated carbocycles. The van der Waals surface area contributed by atoms with E-state index < -0.39 is 5.97 Å². The van der Waals surface area contributed by atoms with E-state index in [1.54, 1.807) is 17.0 Å². The van der Waals surface area contributed by atoms with Crippen LogP contribution >= 0.6 is 0 Å². The molecule has 3 rings (SSSR count). The van der Waals surface area contributed by atoms with Crippen LogP contribution in [0.5, 0.6) is 0 Å². The summed E-state index contributed by atoms with van der Waals surface area (Å²) < 4.78 is 0. The Morgan fingerprint density at radius 1 is 0.909 bits per heavy atom. The maximum atomic E-state index is 12.1. The lowest BCUT2D eigenvalue weighted by Gasteiger charge is -2.32. The van der Waals surface area contributed by atoms with Gasteiger partial charge in [0, 0.05) is 37.4 Å². The van der Waals surface area contributed by atoms with E-state index >= 15 is 0 Å². The molecule has 22 heavy (non-hydrogen) atoms. The number of hydrogen-bond donors (Lipinski definition) is 1. The first-order valence-corrected chi connectivity index (χ1v) is 8.09. The highest BCUT2D eigenvalue weighted by Gasteiger charge is 2.22. The van der Waals surface area contributed by atoms with E-state index in [9.17, 15) is 14.7 Å². The number of amides is 1. The molecule has 1 amide bonds. The maximum absolute atomic E-state index is 12.1. The first-order chi connectivity index (χ1) is 10.6. The molecular weight excluding hydrogens is 280 g/mol. The maximum Gasteiger partial charge on any atom is 0.335 e. The molecule has 0 atom stereocenters. The van der Waals surface area contributed by atoms with E-state index in [1.807, 2.05) is 6.07 Å². The van der Waals surface area contributed by atoms with Crippen LogP contribution in [0.1, 0.15) is 48.9 Å². The van der Waals surface area contributed by atoms with Crippen LogP contribution in [0.3, 0.4) is 0 Å². The van der Waals surface area contributed by atoms with Crippen molar-refractivity contribution in [3.8, 4) is 0 Å². The predicted molar refractivity (Wildman–Crippen MR) is 85.7 cm³/mol. The Morgan fingerprint density at radius 3 is 2.27 bits per heavy atom. The molecule has 0 spiro atoms. The molecule has 0 aliphatic carbocycles. The molecular formula is C17H22N2O3. The number of hydrogen-bond acceptors (Lipinski definition) is 3. The predicted octanol–water partition coefficient (Wildman–Crippen LogP) is 2.89.